The zero-order valence-corrected chi connectivity index (χ0v) is 12.4. The molecule has 2 rings (SSSR count). The number of rotatable bonds is 6. The summed E-state index contributed by atoms with van der Waals surface area (Å²) < 4.78 is 5.56. The lowest BCUT2D eigenvalue weighted by molar-refractivity contribution is -0.385. The highest BCUT2D eigenvalue weighted by Crippen LogP contribution is 2.28. The molecule has 1 heterocycles. The van der Waals surface area contributed by atoms with E-state index in [2.05, 4.69) is 15.9 Å². The molecule has 100 valence electrons. The first-order valence-corrected chi connectivity index (χ1v) is 7.74. The van der Waals surface area contributed by atoms with Gasteiger partial charge in [0.15, 0.2) is 5.75 Å². The molecule has 0 N–H and O–H groups in total. The quantitative estimate of drug-likeness (QED) is 0.450. The van der Waals surface area contributed by atoms with Gasteiger partial charge in [-0.05, 0) is 34.0 Å². The largest absolute Gasteiger partial charge is 0.486 e. The van der Waals surface area contributed by atoms with Crippen LogP contribution in [0.2, 0.25) is 0 Å². The average Bonchev–Trinajstić information content (AvgIpc) is 2.91. The molecule has 0 saturated carbocycles. The van der Waals surface area contributed by atoms with Crippen LogP contribution in [-0.4, -0.2) is 11.5 Å². The van der Waals surface area contributed by atoms with E-state index in [0.29, 0.717) is 17.7 Å². The van der Waals surface area contributed by atoms with Crippen molar-refractivity contribution in [2.24, 2.45) is 0 Å². The van der Waals surface area contributed by atoms with E-state index in [1.165, 1.54) is 11.6 Å². The molecule has 4 nitrogen and oxygen atoms in total. The molecule has 0 amide bonds. The van der Waals surface area contributed by atoms with Gasteiger partial charge in [-0.3, -0.25) is 10.1 Å². The van der Waals surface area contributed by atoms with E-state index in [1.54, 1.807) is 23.5 Å². The lowest BCUT2D eigenvalue weighted by atomic mass is 10.2. The van der Waals surface area contributed by atoms with Gasteiger partial charge < -0.3 is 4.74 Å². The Labute approximate surface area is 123 Å². The molecule has 6 heteroatoms. The summed E-state index contributed by atoms with van der Waals surface area (Å²) in [5, 5.41) is 15.6. The Kier molecular flexibility index (Phi) is 4.93. The second kappa shape index (κ2) is 6.68. The van der Waals surface area contributed by atoms with Crippen LogP contribution >= 0.6 is 27.3 Å². The van der Waals surface area contributed by atoms with Crippen molar-refractivity contribution in [1.82, 2.24) is 0 Å². The second-order valence-electron chi connectivity index (χ2n) is 3.92. The number of nitro benzene ring substituents is 1. The summed E-state index contributed by atoms with van der Waals surface area (Å²) in [5.41, 5.74) is 2.15. The molecule has 1 aromatic heterocycles. The molecular weight excluding hydrogens is 330 g/mol. The Bertz CT molecular complexity index is 557. The highest BCUT2D eigenvalue weighted by atomic mass is 79.9. The molecule has 0 unspecified atom stereocenters. The van der Waals surface area contributed by atoms with Crippen molar-refractivity contribution in [2.45, 2.75) is 11.8 Å². The normalized spacial score (nSPS) is 10.4. The number of halogens is 1. The highest BCUT2D eigenvalue weighted by molar-refractivity contribution is 9.08. The lowest BCUT2D eigenvalue weighted by Gasteiger charge is -2.07. The topological polar surface area (TPSA) is 52.4 Å². The minimum atomic E-state index is -0.419. The van der Waals surface area contributed by atoms with Gasteiger partial charge in [0.2, 0.25) is 0 Å². The minimum absolute atomic E-state index is 0.00928. The van der Waals surface area contributed by atoms with Gasteiger partial charge in [-0.2, -0.15) is 11.3 Å². The summed E-state index contributed by atoms with van der Waals surface area (Å²) in [5.74, 6) is 0.331. The monoisotopic (exact) mass is 341 g/mol. The maximum absolute atomic E-state index is 10.9. The smallest absolute Gasteiger partial charge is 0.310 e. The summed E-state index contributed by atoms with van der Waals surface area (Å²) in [6, 6.07) is 6.94. The molecule has 0 spiro atoms. The summed E-state index contributed by atoms with van der Waals surface area (Å²) in [6.07, 6.45) is 0.749. The zero-order chi connectivity index (χ0) is 13.7. The maximum atomic E-state index is 10.9. The van der Waals surface area contributed by atoms with E-state index < -0.39 is 4.92 Å². The number of hydrogen-bond acceptors (Lipinski definition) is 4. The van der Waals surface area contributed by atoms with Crippen LogP contribution in [0.3, 0.4) is 0 Å². The first-order chi connectivity index (χ1) is 9.20. The van der Waals surface area contributed by atoms with Gasteiger partial charge in [-0.1, -0.05) is 22.0 Å². The third kappa shape index (κ3) is 3.78. The highest BCUT2D eigenvalue weighted by Gasteiger charge is 2.15. The van der Waals surface area contributed by atoms with Crippen LogP contribution in [-0.2, 0) is 11.8 Å². The zero-order valence-electron chi connectivity index (χ0n) is 10.0. The molecule has 0 radical (unpaired) electrons. The van der Waals surface area contributed by atoms with E-state index >= 15 is 0 Å². The number of nitro groups is 1. The Morgan fingerprint density at radius 3 is 2.79 bits per heavy atom. The Hall–Kier alpha value is -1.40. The third-order valence-electron chi connectivity index (χ3n) is 2.60. The predicted molar refractivity (Wildman–Crippen MR) is 79.2 cm³/mol. The van der Waals surface area contributed by atoms with Crippen LogP contribution in [0.15, 0.2) is 35.0 Å². The van der Waals surface area contributed by atoms with E-state index in [0.717, 1.165) is 12.0 Å². The SMILES string of the molecule is O=[N+]([O-])c1ccc(CBr)cc1OCCc1ccsc1. The number of alkyl halides is 1. The van der Waals surface area contributed by atoms with Crippen molar-refractivity contribution in [2.75, 3.05) is 6.61 Å². The summed E-state index contributed by atoms with van der Waals surface area (Å²) >= 11 is 4.96. The number of ether oxygens (including phenoxy) is 1. The maximum Gasteiger partial charge on any atom is 0.310 e. The predicted octanol–water partition coefficient (Wildman–Crippen LogP) is 4.17. The molecule has 0 aliphatic carbocycles. The summed E-state index contributed by atoms with van der Waals surface area (Å²) in [7, 11) is 0. The van der Waals surface area contributed by atoms with Crippen LogP contribution < -0.4 is 4.74 Å². The minimum Gasteiger partial charge on any atom is -0.486 e. The fourth-order valence-electron chi connectivity index (χ4n) is 1.62. The molecular formula is C13H12BrNO3S. The molecule has 0 aliphatic heterocycles. The molecule has 19 heavy (non-hydrogen) atoms. The summed E-state index contributed by atoms with van der Waals surface area (Å²) in [4.78, 5) is 10.5. The molecule has 2 aromatic rings. The average molecular weight is 342 g/mol. The van der Waals surface area contributed by atoms with Crippen LogP contribution in [0.5, 0.6) is 5.75 Å². The van der Waals surface area contributed by atoms with Crippen molar-refractivity contribution in [3.63, 3.8) is 0 Å². The van der Waals surface area contributed by atoms with Gasteiger partial charge in [-0.25, -0.2) is 0 Å². The second-order valence-corrected chi connectivity index (χ2v) is 5.26. The number of benzene rings is 1. The van der Waals surface area contributed by atoms with Crippen molar-refractivity contribution < 1.29 is 9.66 Å². The molecule has 0 saturated heterocycles. The fourth-order valence-corrected chi connectivity index (χ4v) is 2.67. The van der Waals surface area contributed by atoms with Gasteiger partial charge in [0, 0.05) is 17.8 Å². The first-order valence-electron chi connectivity index (χ1n) is 5.68. The molecule has 0 fully saturated rings. The molecule has 0 atom stereocenters. The number of thiophene rings is 1. The van der Waals surface area contributed by atoms with E-state index in [1.807, 2.05) is 16.8 Å². The standard InChI is InChI=1S/C13H12BrNO3S/c14-8-11-1-2-12(15(16)17)13(7-11)18-5-3-10-4-6-19-9-10/h1-2,4,6-7,9H,3,5,8H2. The van der Waals surface area contributed by atoms with Gasteiger partial charge in [-0.15, -0.1) is 0 Å². The number of nitrogens with zero attached hydrogens (tertiary/aromatic N) is 1. The fraction of sp³-hybridized carbons (Fsp3) is 0.231. The van der Waals surface area contributed by atoms with Crippen molar-refractivity contribution in [1.29, 1.82) is 0 Å². The van der Waals surface area contributed by atoms with Gasteiger partial charge >= 0.3 is 5.69 Å². The van der Waals surface area contributed by atoms with Crippen LogP contribution in [0.4, 0.5) is 5.69 Å². The van der Waals surface area contributed by atoms with E-state index in [4.69, 9.17) is 4.74 Å². The lowest BCUT2D eigenvalue weighted by Crippen LogP contribution is -2.03. The summed E-state index contributed by atoms with van der Waals surface area (Å²) in [6.45, 7) is 0.434. The van der Waals surface area contributed by atoms with Crippen molar-refractivity contribution >= 4 is 33.0 Å². The Morgan fingerprint density at radius 1 is 1.32 bits per heavy atom. The van der Waals surface area contributed by atoms with Crippen LogP contribution in [0.1, 0.15) is 11.1 Å². The number of hydrogen-bond donors (Lipinski definition) is 0. The van der Waals surface area contributed by atoms with E-state index in [-0.39, 0.29) is 5.69 Å². The van der Waals surface area contributed by atoms with Crippen LogP contribution in [0.25, 0.3) is 0 Å². The molecule has 0 aliphatic rings. The van der Waals surface area contributed by atoms with Crippen LogP contribution in [0, 0.1) is 10.1 Å². The Morgan fingerprint density at radius 2 is 2.16 bits per heavy atom. The van der Waals surface area contributed by atoms with Crippen molar-refractivity contribution in [3.8, 4) is 5.75 Å². The molecule has 1 aromatic carbocycles. The van der Waals surface area contributed by atoms with Gasteiger partial charge in [0.05, 0.1) is 11.5 Å². The van der Waals surface area contributed by atoms with Gasteiger partial charge in [0.1, 0.15) is 0 Å². The first kappa shape index (κ1) is 14.0. The third-order valence-corrected chi connectivity index (χ3v) is 3.98. The van der Waals surface area contributed by atoms with E-state index in [9.17, 15) is 10.1 Å². The van der Waals surface area contributed by atoms with Crippen molar-refractivity contribution in [3.05, 3.63) is 56.3 Å². The molecule has 0 bridgehead atoms. The van der Waals surface area contributed by atoms with Gasteiger partial charge in [0.25, 0.3) is 0 Å². The Balaban J connectivity index is 2.06.